The van der Waals surface area contributed by atoms with Crippen LogP contribution in [0.15, 0.2) is 29.2 Å². The smallest absolute Gasteiger partial charge is 0.226 e. The van der Waals surface area contributed by atoms with Crippen LogP contribution in [0.2, 0.25) is 0 Å². The van der Waals surface area contributed by atoms with Crippen LogP contribution in [0.3, 0.4) is 0 Å². The summed E-state index contributed by atoms with van der Waals surface area (Å²) in [6.45, 7) is 0.737. The Kier molecular flexibility index (Phi) is 4.06. The molecule has 2 bridgehead atoms. The van der Waals surface area contributed by atoms with E-state index < -0.39 is 0 Å². The molecule has 1 aromatic carbocycles. The van der Waals surface area contributed by atoms with Gasteiger partial charge in [-0.05, 0) is 55.1 Å². The van der Waals surface area contributed by atoms with Crippen molar-refractivity contribution in [2.45, 2.75) is 37.1 Å². The lowest BCUT2D eigenvalue weighted by molar-refractivity contribution is -0.136. The van der Waals surface area contributed by atoms with Crippen LogP contribution in [0, 0.1) is 17.8 Å². The number of nitrogens with zero attached hydrogens (tertiary/aromatic N) is 1. The molecule has 3 atom stereocenters. The lowest BCUT2D eigenvalue weighted by Gasteiger charge is -2.26. The first-order chi connectivity index (χ1) is 9.67. The summed E-state index contributed by atoms with van der Waals surface area (Å²) in [5.41, 5.74) is 1.22. The van der Waals surface area contributed by atoms with Gasteiger partial charge in [-0.15, -0.1) is 11.8 Å². The standard InChI is InChI=1S/C17H23NOS/c1-18(11-12-4-7-15(20-2)8-5-12)17(19)16-10-13-3-6-14(16)9-13/h4-5,7-8,13-14,16H,3,6,9-11H2,1-2H3. The number of carbonyl (C=O) groups is 1. The summed E-state index contributed by atoms with van der Waals surface area (Å²) in [6, 6.07) is 8.54. The largest absolute Gasteiger partial charge is 0.341 e. The third-order valence-electron chi connectivity index (χ3n) is 5.01. The van der Waals surface area contributed by atoms with Gasteiger partial charge in [-0.1, -0.05) is 18.6 Å². The summed E-state index contributed by atoms with van der Waals surface area (Å²) in [4.78, 5) is 15.8. The molecule has 0 radical (unpaired) electrons. The van der Waals surface area contributed by atoms with Gasteiger partial charge in [-0.25, -0.2) is 0 Å². The zero-order chi connectivity index (χ0) is 14.1. The summed E-state index contributed by atoms with van der Waals surface area (Å²) in [5, 5.41) is 0. The van der Waals surface area contributed by atoms with Crippen molar-refractivity contribution in [3.63, 3.8) is 0 Å². The van der Waals surface area contributed by atoms with Crippen LogP contribution >= 0.6 is 11.8 Å². The van der Waals surface area contributed by atoms with Crippen molar-refractivity contribution in [3.8, 4) is 0 Å². The molecule has 0 spiro atoms. The van der Waals surface area contributed by atoms with Crippen LogP contribution in [0.5, 0.6) is 0 Å². The molecule has 1 aromatic rings. The highest BCUT2D eigenvalue weighted by atomic mass is 32.2. The fourth-order valence-corrected chi connectivity index (χ4v) is 4.32. The molecule has 2 fully saturated rings. The number of thioether (sulfide) groups is 1. The van der Waals surface area contributed by atoms with E-state index in [9.17, 15) is 4.79 Å². The number of hydrogen-bond acceptors (Lipinski definition) is 2. The van der Waals surface area contributed by atoms with Crippen LogP contribution in [-0.4, -0.2) is 24.1 Å². The van der Waals surface area contributed by atoms with Gasteiger partial charge in [0, 0.05) is 24.4 Å². The molecule has 3 heteroatoms. The number of rotatable bonds is 4. The SMILES string of the molecule is CSc1ccc(CN(C)C(=O)C2CC3CCC2C3)cc1. The first-order valence-electron chi connectivity index (χ1n) is 7.55. The van der Waals surface area contributed by atoms with E-state index in [4.69, 9.17) is 0 Å². The molecule has 2 nitrogen and oxygen atoms in total. The second-order valence-corrected chi connectivity index (χ2v) is 7.20. The molecular formula is C17H23NOS. The molecule has 2 aliphatic rings. The minimum Gasteiger partial charge on any atom is -0.341 e. The molecule has 0 heterocycles. The average Bonchev–Trinajstić information content (AvgIpc) is 3.10. The third kappa shape index (κ3) is 2.73. The minimum absolute atomic E-state index is 0.309. The topological polar surface area (TPSA) is 20.3 Å². The van der Waals surface area contributed by atoms with Crippen molar-refractivity contribution in [1.82, 2.24) is 4.90 Å². The third-order valence-corrected chi connectivity index (χ3v) is 5.75. The molecule has 0 saturated heterocycles. The summed E-state index contributed by atoms with van der Waals surface area (Å²) in [7, 11) is 1.96. The normalized spacial score (nSPS) is 27.8. The molecule has 108 valence electrons. The molecular weight excluding hydrogens is 266 g/mol. The average molecular weight is 289 g/mol. The Morgan fingerprint density at radius 3 is 2.55 bits per heavy atom. The molecule has 3 rings (SSSR count). The van der Waals surface area contributed by atoms with E-state index in [2.05, 4.69) is 30.5 Å². The van der Waals surface area contributed by atoms with Crippen LogP contribution in [-0.2, 0) is 11.3 Å². The Morgan fingerprint density at radius 2 is 2.00 bits per heavy atom. The summed E-state index contributed by atoms with van der Waals surface area (Å²) < 4.78 is 0. The van der Waals surface area contributed by atoms with Gasteiger partial charge in [0.25, 0.3) is 0 Å². The molecule has 0 aromatic heterocycles. The highest BCUT2D eigenvalue weighted by molar-refractivity contribution is 7.98. The molecule has 0 aliphatic heterocycles. The Bertz CT molecular complexity index is 484. The van der Waals surface area contributed by atoms with Gasteiger partial charge < -0.3 is 4.90 Å². The van der Waals surface area contributed by atoms with Gasteiger partial charge in [0.1, 0.15) is 0 Å². The summed E-state index contributed by atoms with van der Waals surface area (Å²) in [5.74, 6) is 2.19. The van der Waals surface area contributed by atoms with Gasteiger partial charge in [-0.3, -0.25) is 4.79 Å². The van der Waals surface area contributed by atoms with Gasteiger partial charge in [0.15, 0.2) is 0 Å². The monoisotopic (exact) mass is 289 g/mol. The van der Waals surface area contributed by atoms with E-state index in [0.29, 0.717) is 17.7 Å². The van der Waals surface area contributed by atoms with Crippen molar-refractivity contribution in [1.29, 1.82) is 0 Å². The molecule has 2 saturated carbocycles. The van der Waals surface area contributed by atoms with Crippen molar-refractivity contribution in [2.24, 2.45) is 17.8 Å². The van der Waals surface area contributed by atoms with E-state index in [1.54, 1.807) is 11.8 Å². The zero-order valence-corrected chi connectivity index (χ0v) is 13.2. The quantitative estimate of drug-likeness (QED) is 0.786. The van der Waals surface area contributed by atoms with E-state index in [0.717, 1.165) is 18.9 Å². The fourth-order valence-electron chi connectivity index (χ4n) is 3.91. The number of carbonyl (C=O) groups excluding carboxylic acids is 1. The van der Waals surface area contributed by atoms with E-state index in [1.165, 1.54) is 29.7 Å². The first kappa shape index (κ1) is 14.0. The maximum absolute atomic E-state index is 12.6. The maximum Gasteiger partial charge on any atom is 0.226 e. The van der Waals surface area contributed by atoms with Crippen LogP contribution in [0.25, 0.3) is 0 Å². The highest BCUT2D eigenvalue weighted by Gasteiger charge is 2.43. The van der Waals surface area contributed by atoms with E-state index >= 15 is 0 Å². The molecule has 3 unspecified atom stereocenters. The predicted octanol–water partition coefficient (Wildman–Crippen LogP) is 3.80. The lowest BCUT2D eigenvalue weighted by atomic mass is 9.88. The second-order valence-electron chi connectivity index (χ2n) is 6.32. The zero-order valence-electron chi connectivity index (χ0n) is 12.3. The molecule has 1 amide bonds. The van der Waals surface area contributed by atoms with Crippen LogP contribution < -0.4 is 0 Å². The summed E-state index contributed by atoms with van der Waals surface area (Å²) in [6.07, 6.45) is 7.15. The van der Waals surface area contributed by atoms with Crippen molar-refractivity contribution < 1.29 is 4.79 Å². The summed E-state index contributed by atoms with van der Waals surface area (Å²) >= 11 is 1.75. The first-order valence-corrected chi connectivity index (χ1v) is 8.77. The Hall–Kier alpha value is -0.960. The Morgan fingerprint density at radius 1 is 1.25 bits per heavy atom. The molecule has 2 aliphatic carbocycles. The van der Waals surface area contributed by atoms with Gasteiger partial charge in [0.2, 0.25) is 5.91 Å². The molecule has 20 heavy (non-hydrogen) atoms. The van der Waals surface area contributed by atoms with E-state index in [-0.39, 0.29) is 0 Å². The van der Waals surface area contributed by atoms with E-state index in [1.807, 2.05) is 11.9 Å². The number of fused-ring (bicyclic) bond motifs is 2. The van der Waals surface area contributed by atoms with Gasteiger partial charge in [0.05, 0.1) is 0 Å². The van der Waals surface area contributed by atoms with Crippen molar-refractivity contribution in [3.05, 3.63) is 29.8 Å². The van der Waals surface area contributed by atoms with Gasteiger partial charge >= 0.3 is 0 Å². The molecule has 0 N–H and O–H groups in total. The lowest BCUT2D eigenvalue weighted by Crippen LogP contribution is -2.35. The second kappa shape index (κ2) is 5.80. The van der Waals surface area contributed by atoms with Crippen molar-refractivity contribution >= 4 is 17.7 Å². The number of amides is 1. The van der Waals surface area contributed by atoms with Crippen LogP contribution in [0.1, 0.15) is 31.2 Å². The Labute approximate surface area is 125 Å². The van der Waals surface area contributed by atoms with Crippen LogP contribution in [0.4, 0.5) is 0 Å². The highest BCUT2D eigenvalue weighted by Crippen LogP contribution is 2.48. The Balaban J connectivity index is 1.60. The number of benzene rings is 1. The minimum atomic E-state index is 0.309. The number of hydrogen-bond donors (Lipinski definition) is 0. The fraction of sp³-hybridized carbons (Fsp3) is 0.588. The maximum atomic E-state index is 12.6. The van der Waals surface area contributed by atoms with Crippen molar-refractivity contribution in [2.75, 3.05) is 13.3 Å². The van der Waals surface area contributed by atoms with Gasteiger partial charge in [-0.2, -0.15) is 0 Å². The predicted molar refractivity (Wildman–Crippen MR) is 83.6 cm³/mol.